The van der Waals surface area contributed by atoms with Gasteiger partial charge in [0.05, 0.1) is 17.5 Å². The van der Waals surface area contributed by atoms with Crippen LogP contribution in [0.4, 0.5) is 11.4 Å². The van der Waals surface area contributed by atoms with Gasteiger partial charge in [0.1, 0.15) is 5.75 Å². The first kappa shape index (κ1) is 18.3. The third-order valence-electron chi connectivity index (χ3n) is 6.15. The first-order valence-electron chi connectivity index (χ1n) is 9.75. The van der Waals surface area contributed by atoms with Gasteiger partial charge in [-0.1, -0.05) is 12.2 Å². The number of nitrogens with one attached hydrogen (secondary N) is 1. The number of rotatable bonds is 5. The summed E-state index contributed by atoms with van der Waals surface area (Å²) < 4.78 is 4.72. The van der Waals surface area contributed by atoms with E-state index in [4.69, 9.17) is 4.74 Å². The van der Waals surface area contributed by atoms with Gasteiger partial charge in [0.25, 0.3) is 12.4 Å². The van der Waals surface area contributed by atoms with Crippen molar-refractivity contribution in [3.05, 3.63) is 66.2 Å². The van der Waals surface area contributed by atoms with E-state index in [0.717, 1.165) is 6.42 Å². The van der Waals surface area contributed by atoms with E-state index in [0.29, 0.717) is 29.2 Å². The summed E-state index contributed by atoms with van der Waals surface area (Å²) in [6.45, 7) is 0.333. The molecule has 3 amide bonds. The van der Waals surface area contributed by atoms with E-state index >= 15 is 0 Å². The zero-order valence-corrected chi connectivity index (χ0v) is 15.9. The van der Waals surface area contributed by atoms with Crippen molar-refractivity contribution in [2.75, 3.05) is 10.2 Å². The number of anilines is 2. The minimum atomic E-state index is -0.330. The lowest BCUT2D eigenvalue weighted by atomic mass is 9.85. The summed E-state index contributed by atoms with van der Waals surface area (Å²) in [5.74, 6) is -0.411. The van der Waals surface area contributed by atoms with Gasteiger partial charge in [-0.3, -0.25) is 24.1 Å². The van der Waals surface area contributed by atoms with Gasteiger partial charge in [0, 0.05) is 11.3 Å². The number of hydrogen-bond acceptors (Lipinski definition) is 5. The molecule has 2 bridgehead atoms. The molecule has 30 heavy (non-hydrogen) atoms. The summed E-state index contributed by atoms with van der Waals surface area (Å²) in [5, 5.41) is 2.75. The topological polar surface area (TPSA) is 92.8 Å². The Bertz CT molecular complexity index is 1040. The van der Waals surface area contributed by atoms with E-state index in [-0.39, 0.29) is 41.4 Å². The summed E-state index contributed by atoms with van der Waals surface area (Å²) in [5.41, 5.74) is 1.43. The zero-order chi connectivity index (χ0) is 20.8. The van der Waals surface area contributed by atoms with Gasteiger partial charge in [-0.05, 0) is 66.8 Å². The van der Waals surface area contributed by atoms with E-state index in [1.165, 1.54) is 4.90 Å². The average molecular weight is 402 g/mol. The molecule has 4 atom stereocenters. The fourth-order valence-corrected chi connectivity index (χ4v) is 4.79. The first-order valence-corrected chi connectivity index (χ1v) is 9.75. The standard InChI is InChI=1S/C23H18N2O5/c26-12-30-18-9-5-16(6-10-18)24-21(27)13-3-7-17(8-4-13)25-22(28)19-14-1-2-15(11-14)20(19)23(25)29/h1-10,12,14-15,19-20H,11H2,(H,24,27). The summed E-state index contributed by atoms with van der Waals surface area (Å²) in [7, 11) is 0. The van der Waals surface area contributed by atoms with Crippen LogP contribution in [-0.4, -0.2) is 24.2 Å². The van der Waals surface area contributed by atoms with Crippen molar-refractivity contribution in [2.45, 2.75) is 6.42 Å². The van der Waals surface area contributed by atoms with Gasteiger partial charge < -0.3 is 10.1 Å². The molecule has 4 unspecified atom stereocenters. The van der Waals surface area contributed by atoms with Crippen LogP contribution in [0.3, 0.4) is 0 Å². The number of nitrogens with zero attached hydrogens (tertiary/aromatic N) is 1. The lowest BCUT2D eigenvalue weighted by Gasteiger charge is -2.17. The Morgan fingerprint density at radius 2 is 1.53 bits per heavy atom. The van der Waals surface area contributed by atoms with E-state index in [9.17, 15) is 19.2 Å². The van der Waals surface area contributed by atoms with Gasteiger partial charge in [0.2, 0.25) is 11.8 Å². The SMILES string of the molecule is O=COc1ccc(NC(=O)c2ccc(N3C(=O)C4C5C=CC(C5)C4C3=O)cc2)cc1. The van der Waals surface area contributed by atoms with Crippen molar-refractivity contribution in [1.29, 1.82) is 0 Å². The van der Waals surface area contributed by atoms with Crippen molar-refractivity contribution in [2.24, 2.45) is 23.7 Å². The second-order valence-corrected chi connectivity index (χ2v) is 7.75. The Morgan fingerprint density at radius 3 is 2.10 bits per heavy atom. The lowest BCUT2D eigenvalue weighted by molar-refractivity contribution is -0.123. The lowest BCUT2D eigenvalue weighted by Crippen LogP contribution is -2.32. The molecule has 5 rings (SSSR count). The molecular formula is C23H18N2O5. The first-order chi connectivity index (χ1) is 14.6. The monoisotopic (exact) mass is 402 g/mol. The van der Waals surface area contributed by atoms with Crippen LogP contribution in [0.1, 0.15) is 16.8 Å². The maximum Gasteiger partial charge on any atom is 0.298 e. The highest BCUT2D eigenvalue weighted by molar-refractivity contribution is 6.23. The van der Waals surface area contributed by atoms with Gasteiger partial charge in [-0.25, -0.2) is 0 Å². The molecule has 1 heterocycles. The third kappa shape index (κ3) is 2.82. The number of hydrogen-bond donors (Lipinski definition) is 1. The van der Waals surface area contributed by atoms with E-state index in [1.54, 1.807) is 48.5 Å². The fourth-order valence-electron chi connectivity index (χ4n) is 4.79. The number of ether oxygens (including phenoxy) is 1. The predicted molar refractivity (Wildman–Crippen MR) is 108 cm³/mol. The molecule has 0 aromatic heterocycles. The number of amides is 3. The van der Waals surface area contributed by atoms with Crippen molar-refractivity contribution >= 4 is 35.6 Å². The minimum absolute atomic E-state index is 0.142. The molecule has 2 aromatic carbocycles. The summed E-state index contributed by atoms with van der Waals surface area (Å²) in [4.78, 5) is 49.9. The predicted octanol–water partition coefficient (Wildman–Crippen LogP) is 2.79. The second kappa shape index (κ2) is 6.95. The van der Waals surface area contributed by atoms with Crippen LogP contribution in [0.5, 0.6) is 5.75 Å². The highest BCUT2D eigenvalue weighted by Crippen LogP contribution is 2.53. The highest BCUT2D eigenvalue weighted by atomic mass is 16.5. The molecule has 2 aliphatic carbocycles. The van der Waals surface area contributed by atoms with Gasteiger partial charge in [-0.2, -0.15) is 0 Å². The van der Waals surface area contributed by atoms with Crippen LogP contribution < -0.4 is 15.0 Å². The summed E-state index contributed by atoms with van der Waals surface area (Å²) in [6.07, 6.45) is 5.01. The van der Waals surface area contributed by atoms with E-state index in [1.807, 2.05) is 0 Å². The molecule has 150 valence electrons. The Balaban J connectivity index is 1.30. The van der Waals surface area contributed by atoms with Gasteiger partial charge in [0.15, 0.2) is 0 Å². The molecule has 1 saturated carbocycles. The fraction of sp³-hybridized carbons (Fsp3) is 0.217. The molecular weight excluding hydrogens is 384 g/mol. The normalized spacial score (nSPS) is 26.1. The molecule has 3 aliphatic rings. The summed E-state index contributed by atoms with van der Waals surface area (Å²) >= 11 is 0. The molecule has 7 heteroatoms. The molecule has 7 nitrogen and oxygen atoms in total. The van der Waals surface area contributed by atoms with Crippen LogP contribution in [-0.2, 0) is 14.4 Å². The maximum atomic E-state index is 12.9. The number of fused-ring (bicyclic) bond motifs is 5. The van der Waals surface area contributed by atoms with Crippen molar-refractivity contribution < 1.29 is 23.9 Å². The molecule has 2 fully saturated rings. The van der Waals surface area contributed by atoms with Crippen LogP contribution in [0.15, 0.2) is 60.7 Å². The van der Waals surface area contributed by atoms with E-state index in [2.05, 4.69) is 17.5 Å². The summed E-state index contributed by atoms with van der Waals surface area (Å²) in [6, 6.07) is 12.8. The number of imide groups is 1. The van der Waals surface area contributed by atoms with Crippen LogP contribution >= 0.6 is 0 Å². The number of benzene rings is 2. The van der Waals surface area contributed by atoms with Gasteiger partial charge >= 0.3 is 0 Å². The molecule has 1 saturated heterocycles. The molecule has 1 aliphatic heterocycles. The van der Waals surface area contributed by atoms with Crippen molar-refractivity contribution in [3.8, 4) is 5.75 Å². The van der Waals surface area contributed by atoms with Crippen LogP contribution in [0.25, 0.3) is 0 Å². The third-order valence-corrected chi connectivity index (χ3v) is 6.15. The van der Waals surface area contributed by atoms with Crippen molar-refractivity contribution in [3.63, 3.8) is 0 Å². The smallest absolute Gasteiger partial charge is 0.298 e. The number of carbonyl (C=O) groups is 4. The molecule has 0 radical (unpaired) electrons. The van der Waals surface area contributed by atoms with E-state index < -0.39 is 0 Å². The Labute approximate surface area is 172 Å². The average Bonchev–Trinajstić information content (AvgIpc) is 3.44. The molecule has 2 aromatic rings. The Morgan fingerprint density at radius 1 is 0.933 bits per heavy atom. The minimum Gasteiger partial charge on any atom is -0.429 e. The number of allylic oxidation sites excluding steroid dienone is 2. The second-order valence-electron chi connectivity index (χ2n) is 7.75. The Kier molecular flexibility index (Phi) is 4.24. The largest absolute Gasteiger partial charge is 0.429 e. The van der Waals surface area contributed by atoms with Crippen LogP contribution in [0.2, 0.25) is 0 Å². The number of carbonyl (C=O) groups excluding carboxylic acids is 4. The van der Waals surface area contributed by atoms with Crippen molar-refractivity contribution in [1.82, 2.24) is 0 Å². The maximum absolute atomic E-state index is 12.9. The molecule has 1 N–H and O–H groups in total. The Hall–Kier alpha value is -3.74. The van der Waals surface area contributed by atoms with Crippen LogP contribution in [0, 0.1) is 23.7 Å². The zero-order valence-electron chi connectivity index (χ0n) is 15.9. The van der Waals surface area contributed by atoms with Gasteiger partial charge in [-0.15, -0.1) is 0 Å². The highest BCUT2D eigenvalue weighted by Gasteiger charge is 2.59. The molecule has 0 spiro atoms. The quantitative estimate of drug-likeness (QED) is 0.472.